The first-order valence-electron chi connectivity index (χ1n) is 18.5. The lowest BCUT2D eigenvalue weighted by Gasteiger charge is -2.29. The zero-order valence-electron chi connectivity index (χ0n) is 32.7. The Balaban J connectivity index is 3.40. The van der Waals surface area contributed by atoms with Gasteiger partial charge in [0.2, 0.25) is 41.4 Å². The fraction of sp³-hybridized carbons (Fsp3) is 0.706. The smallest absolute Gasteiger partial charge is 0.326 e. The van der Waals surface area contributed by atoms with Gasteiger partial charge in [0.25, 0.3) is 0 Å². The number of amides is 7. The number of likely N-dealkylation sites (tertiary alicyclic amines) is 1. The van der Waals surface area contributed by atoms with E-state index in [1.807, 2.05) is 0 Å². The third kappa shape index (κ3) is 17.8. The summed E-state index contributed by atoms with van der Waals surface area (Å²) >= 11 is 0. The van der Waals surface area contributed by atoms with E-state index in [4.69, 9.17) is 22.9 Å². The molecule has 0 bridgehead atoms. The maximum Gasteiger partial charge on any atom is 0.326 e. The molecule has 1 fully saturated rings. The van der Waals surface area contributed by atoms with Crippen LogP contribution in [0.15, 0.2) is 4.99 Å². The van der Waals surface area contributed by atoms with Gasteiger partial charge in [0.05, 0.1) is 19.4 Å². The van der Waals surface area contributed by atoms with E-state index in [0.717, 1.165) is 4.90 Å². The van der Waals surface area contributed by atoms with E-state index in [2.05, 4.69) is 31.6 Å². The normalized spacial score (nSPS) is 16.9. The maximum absolute atomic E-state index is 13.9. The highest BCUT2D eigenvalue weighted by Gasteiger charge is 2.39. The Kier molecular flexibility index (Phi) is 20.9. The third-order valence-corrected chi connectivity index (χ3v) is 8.64. The van der Waals surface area contributed by atoms with Crippen LogP contribution in [0.3, 0.4) is 0 Å². The first-order chi connectivity index (χ1) is 26.6. The molecule has 0 unspecified atom stereocenters. The van der Waals surface area contributed by atoms with Crippen LogP contribution in [-0.2, 0) is 43.2 Å². The number of aliphatic hydroxyl groups is 1. The van der Waals surface area contributed by atoms with Crippen LogP contribution < -0.4 is 49.5 Å². The number of hydrogen-bond acceptors (Lipinski definition) is 12. The number of guanidine groups is 1. The summed E-state index contributed by atoms with van der Waals surface area (Å²) in [6, 6.07) is -9.98. The molecule has 0 aromatic carbocycles. The number of primary amides is 1. The van der Waals surface area contributed by atoms with Crippen LogP contribution >= 0.6 is 0 Å². The number of aliphatic imine (C=N–C) groups is 1. The zero-order valence-corrected chi connectivity index (χ0v) is 32.7. The van der Waals surface area contributed by atoms with Crippen molar-refractivity contribution in [1.82, 2.24) is 31.5 Å². The van der Waals surface area contributed by atoms with E-state index in [0.29, 0.717) is 6.42 Å². The molecule has 0 spiro atoms. The number of aliphatic carboxylic acids is 2. The van der Waals surface area contributed by atoms with Gasteiger partial charge in [-0.1, -0.05) is 27.7 Å². The van der Waals surface area contributed by atoms with Crippen molar-refractivity contribution in [3.63, 3.8) is 0 Å². The summed E-state index contributed by atoms with van der Waals surface area (Å²) in [4.78, 5) is 120. The molecule has 1 heterocycles. The summed E-state index contributed by atoms with van der Waals surface area (Å²) in [5, 5.41) is 40.3. The average Bonchev–Trinajstić information content (AvgIpc) is 3.60. The first kappa shape index (κ1) is 49.4. The van der Waals surface area contributed by atoms with Crippen molar-refractivity contribution in [3.05, 3.63) is 0 Å². The molecule has 0 saturated carbocycles. The van der Waals surface area contributed by atoms with Crippen LogP contribution in [0.25, 0.3) is 0 Å². The highest BCUT2D eigenvalue weighted by molar-refractivity contribution is 5.98. The number of nitrogens with one attached hydrogen (secondary N) is 5. The molecule has 0 aromatic heterocycles. The van der Waals surface area contributed by atoms with Gasteiger partial charge >= 0.3 is 11.9 Å². The van der Waals surface area contributed by atoms with Crippen molar-refractivity contribution in [3.8, 4) is 0 Å². The number of carboxylic acid groups (broad SMARTS) is 2. The summed E-state index contributed by atoms with van der Waals surface area (Å²) in [5.74, 6) is -9.97. The Hall–Kier alpha value is -5.58. The molecule has 1 rings (SSSR count). The number of hydrogen-bond donors (Lipinski definition) is 12. The molecule has 23 nitrogen and oxygen atoms in total. The molecule has 0 aromatic rings. The van der Waals surface area contributed by atoms with Crippen molar-refractivity contribution in [1.29, 1.82) is 0 Å². The summed E-state index contributed by atoms with van der Waals surface area (Å²) in [6.45, 7) is 6.25. The van der Waals surface area contributed by atoms with E-state index < -0.39 is 115 Å². The van der Waals surface area contributed by atoms with Gasteiger partial charge in [-0.3, -0.25) is 43.3 Å². The van der Waals surface area contributed by atoms with Crippen molar-refractivity contribution in [2.45, 2.75) is 121 Å². The molecule has 16 N–H and O–H groups in total. The maximum atomic E-state index is 13.9. The number of carbonyl (C=O) groups is 9. The second kappa shape index (κ2) is 24.1. The molecule has 0 radical (unpaired) electrons. The molecule has 7 amide bonds. The van der Waals surface area contributed by atoms with Gasteiger partial charge in [0, 0.05) is 13.1 Å². The van der Waals surface area contributed by atoms with E-state index in [9.17, 15) is 58.5 Å². The van der Waals surface area contributed by atoms with Gasteiger partial charge in [-0.15, -0.1) is 0 Å². The molecule has 23 heteroatoms. The lowest BCUT2D eigenvalue weighted by atomic mass is 9.99. The minimum Gasteiger partial charge on any atom is -0.481 e. The lowest BCUT2D eigenvalue weighted by molar-refractivity contribution is -0.149. The van der Waals surface area contributed by atoms with E-state index in [-0.39, 0.29) is 63.0 Å². The Morgan fingerprint density at radius 2 is 1.18 bits per heavy atom. The van der Waals surface area contributed by atoms with Crippen LogP contribution in [0.1, 0.15) is 79.1 Å². The summed E-state index contributed by atoms with van der Waals surface area (Å²) in [6.07, 6.45) is -1.01. The molecule has 1 aliphatic rings. The topological polar surface area (TPSA) is 394 Å². The Morgan fingerprint density at radius 1 is 0.702 bits per heavy atom. The molecule has 0 aliphatic carbocycles. The number of rotatable bonds is 25. The molecular formula is C34H59N11O12. The fourth-order valence-corrected chi connectivity index (χ4v) is 5.90. The number of carbonyl (C=O) groups excluding carboxylic acids is 7. The Labute approximate surface area is 329 Å². The van der Waals surface area contributed by atoms with Crippen LogP contribution in [0.5, 0.6) is 0 Å². The van der Waals surface area contributed by atoms with Crippen molar-refractivity contribution in [2.24, 2.45) is 39.8 Å². The van der Waals surface area contributed by atoms with Gasteiger partial charge in [-0.2, -0.15) is 0 Å². The van der Waals surface area contributed by atoms with Gasteiger partial charge in [0.1, 0.15) is 42.3 Å². The molecule has 1 aliphatic heterocycles. The molecule has 1 saturated heterocycles. The monoisotopic (exact) mass is 813 g/mol. The third-order valence-electron chi connectivity index (χ3n) is 8.64. The fourth-order valence-electron chi connectivity index (χ4n) is 5.90. The van der Waals surface area contributed by atoms with Gasteiger partial charge in [-0.05, 0) is 50.4 Å². The minimum absolute atomic E-state index is 0.00232. The quantitative estimate of drug-likeness (QED) is 0.0234. The predicted octanol–water partition coefficient (Wildman–Crippen LogP) is -4.70. The van der Waals surface area contributed by atoms with Crippen LogP contribution in [0.2, 0.25) is 0 Å². The minimum atomic E-state index is -1.69. The van der Waals surface area contributed by atoms with Crippen molar-refractivity contribution < 1.29 is 58.5 Å². The van der Waals surface area contributed by atoms with E-state index in [1.54, 1.807) is 27.7 Å². The van der Waals surface area contributed by atoms with Gasteiger partial charge < -0.3 is 69.7 Å². The number of carboxylic acids is 2. The predicted molar refractivity (Wildman–Crippen MR) is 202 cm³/mol. The Morgan fingerprint density at radius 3 is 1.63 bits per heavy atom. The molecular weight excluding hydrogens is 754 g/mol. The molecule has 322 valence electrons. The summed E-state index contributed by atoms with van der Waals surface area (Å²) in [7, 11) is 0. The second-order valence-corrected chi connectivity index (χ2v) is 14.6. The summed E-state index contributed by atoms with van der Waals surface area (Å²) in [5.41, 5.74) is 21.7. The molecule has 57 heavy (non-hydrogen) atoms. The van der Waals surface area contributed by atoms with E-state index >= 15 is 0 Å². The highest BCUT2D eigenvalue weighted by atomic mass is 16.4. The van der Waals surface area contributed by atoms with E-state index in [1.165, 1.54) is 0 Å². The van der Waals surface area contributed by atoms with Crippen LogP contribution in [0.4, 0.5) is 0 Å². The second-order valence-electron chi connectivity index (χ2n) is 14.6. The standard InChI is InChI=1S/C34H59N11O12/c1-16(2)11-20(42-30(53)21(12-17(3)4)43-31(54)22(14-26(48)49)41-27(50)18(35)15-46)29(52)40-19(7-5-9-39-34(37)38)28(51)44-23(13-25(36)47)32(55)45-10-6-8-24(45)33(56)57/h16-24,46H,5-15,35H2,1-4H3,(H2,36,47)(H,40,52)(H,41,50)(H,42,53)(H,43,54)(H,44,51)(H,48,49)(H,56,57)(H4,37,38,39)/t18-,19-,20-,21-,22-,23-,24-/m0/s1. The van der Waals surface area contributed by atoms with Gasteiger partial charge in [0.15, 0.2) is 5.96 Å². The number of nitrogens with two attached hydrogens (primary N) is 4. The zero-order chi connectivity index (χ0) is 43.6. The largest absolute Gasteiger partial charge is 0.481 e. The van der Waals surface area contributed by atoms with Crippen molar-refractivity contribution in [2.75, 3.05) is 19.7 Å². The average molecular weight is 814 g/mol. The van der Waals surface area contributed by atoms with Crippen LogP contribution in [0, 0.1) is 11.8 Å². The molecule has 7 atom stereocenters. The lowest BCUT2D eigenvalue weighted by Crippen LogP contribution is -2.60. The van der Waals surface area contributed by atoms with Crippen LogP contribution in [-0.4, -0.2) is 141 Å². The Bertz CT molecular complexity index is 1490. The van der Waals surface area contributed by atoms with Crippen molar-refractivity contribution >= 4 is 59.2 Å². The first-order valence-corrected chi connectivity index (χ1v) is 18.5. The highest BCUT2D eigenvalue weighted by Crippen LogP contribution is 2.19. The number of nitrogens with zero attached hydrogens (tertiary/aromatic N) is 2. The number of aliphatic hydroxyl groups excluding tert-OH is 1. The SMILES string of the molecule is CC(C)C[C@H](NC(=O)[C@H](CC(C)C)NC(=O)[C@H](CC(=O)O)NC(=O)[C@@H](N)CO)C(=O)N[C@@H](CCCN=C(N)N)C(=O)N[C@@H](CC(N)=O)C(=O)N1CCC[C@H]1C(=O)O. The van der Waals surface area contributed by atoms with Gasteiger partial charge in [-0.25, -0.2) is 4.79 Å². The summed E-state index contributed by atoms with van der Waals surface area (Å²) < 4.78 is 0.